The Balaban J connectivity index is 2.24. The summed E-state index contributed by atoms with van der Waals surface area (Å²) in [5.41, 5.74) is 0.968. The molecule has 4 nitrogen and oxygen atoms in total. The lowest BCUT2D eigenvalue weighted by Gasteiger charge is -2.08. The van der Waals surface area contributed by atoms with Crippen molar-refractivity contribution in [1.29, 1.82) is 0 Å². The Bertz CT molecular complexity index is 722. The Hall–Kier alpha value is -1.41. The van der Waals surface area contributed by atoms with Crippen LogP contribution in [0.5, 0.6) is 0 Å². The lowest BCUT2D eigenvalue weighted by molar-refractivity contribution is 0.101. The topological polar surface area (TPSA) is 63.2 Å². The number of hydrogen-bond donors (Lipinski definition) is 1. The third kappa shape index (κ3) is 3.57. The summed E-state index contributed by atoms with van der Waals surface area (Å²) in [5, 5.41) is 0. The summed E-state index contributed by atoms with van der Waals surface area (Å²) < 4.78 is 27.7. The molecule has 2 rings (SSSR count). The van der Waals surface area contributed by atoms with E-state index in [9.17, 15) is 13.2 Å². The molecule has 0 saturated heterocycles. The van der Waals surface area contributed by atoms with E-state index in [-0.39, 0.29) is 10.7 Å². The summed E-state index contributed by atoms with van der Waals surface area (Å²) in [6.07, 6.45) is 0. The van der Waals surface area contributed by atoms with E-state index in [0.29, 0.717) is 11.3 Å². The van der Waals surface area contributed by atoms with Gasteiger partial charge < -0.3 is 0 Å². The lowest BCUT2D eigenvalue weighted by Crippen LogP contribution is -2.12. The van der Waals surface area contributed by atoms with Gasteiger partial charge in [-0.25, -0.2) is 8.42 Å². The zero-order chi connectivity index (χ0) is 14.8. The number of sulfonamides is 1. The zero-order valence-corrected chi connectivity index (χ0v) is 13.6. The molecule has 0 aromatic heterocycles. The van der Waals surface area contributed by atoms with Crippen molar-refractivity contribution >= 4 is 44.1 Å². The van der Waals surface area contributed by atoms with Gasteiger partial charge in [-0.3, -0.25) is 9.52 Å². The first-order chi connectivity index (χ1) is 9.38. The van der Waals surface area contributed by atoms with E-state index < -0.39 is 10.0 Å². The SMILES string of the molecule is CC(=O)c1ccc(NS(=O)(=O)c2ccc(I)cc2)cc1. The highest BCUT2D eigenvalue weighted by Gasteiger charge is 2.13. The van der Waals surface area contributed by atoms with Gasteiger partial charge in [0.05, 0.1) is 4.90 Å². The maximum absolute atomic E-state index is 12.2. The number of nitrogens with one attached hydrogen (secondary N) is 1. The average molecular weight is 401 g/mol. The summed E-state index contributed by atoms with van der Waals surface area (Å²) in [5.74, 6) is -0.0583. The Morgan fingerprint density at radius 1 is 1.00 bits per heavy atom. The zero-order valence-electron chi connectivity index (χ0n) is 10.6. The van der Waals surface area contributed by atoms with Crippen LogP contribution < -0.4 is 4.72 Å². The number of carbonyl (C=O) groups is 1. The molecule has 0 aliphatic carbocycles. The van der Waals surface area contributed by atoms with Crippen molar-refractivity contribution in [3.05, 3.63) is 57.7 Å². The molecule has 0 unspecified atom stereocenters. The highest BCUT2D eigenvalue weighted by atomic mass is 127. The van der Waals surface area contributed by atoms with E-state index in [1.54, 1.807) is 48.5 Å². The molecule has 0 atom stereocenters. The summed E-state index contributed by atoms with van der Waals surface area (Å²) in [7, 11) is -3.60. The van der Waals surface area contributed by atoms with Gasteiger partial charge in [-0.15, -0.1) is 0 Å². The number of rotatable bonds is 4. The average Bonchev–Trinajstić information content (AvgIpc) is 2.39. The molecule has 6 heteroatoms. The molecule has 0 fully saturated rings. The fourth-order valence-electron chi connectivity index (χ4n) is 1.60. The van der Waals surface area contributed by atoms with Crippen molar-refractivity contribution in [3.8, 4) is 0 Å². The summed E-state index contributed by atoms with van der Waals surface area (Å²) in [6.45, 7) is 1.46. The van der Waals surface area contributed by atoms with E-state index in [4.69, 9.17) is 0 Å². The van der Waals surface area contributed by atoms with Crippen molar-refractivity contribution in [2.75, 3.05) is 4.72 Å². The molecule has 0 spiro atoms. The van der Waals surface area contributed by atoms with Gasteiger partial charge in [0.15, 0.2) is 5.78 Å². The van der Waals surface area contributed by atoms with E-state index in [1.165, 1.54) is 6.92 Å². The van der Waals surface area contributed by atoms with Crippen LogP contribution >= 0.6 is 22.6 Å². The maximum atomic E-state index is 12.2. The highest BCUT2D eigenvalue weighted by Crippen LogP contribution is 2.17. The van der Waals surface area contributed by atoms with Crippen molar-refractivity contribution in [2.45, 2.75) is 11.8 Å². The minimum absolute atomic E-state index is 0.0583. The molecule has 0 saturated carbocycles. The minimum atomic E-state index is -3.60. The van der Waals surface area contributed by atoms with Gasteiger partial charge >= 0.3 is 0 Å². The summed E-state index contributed by atoms with van der Waals surface area (Å²) >= 11 is 2.11. The molecule has 0 radical (unpaired) electrons. The number of benzene rings is 2. The molecule has 1 N–H and O–H groups in total. The Morgan fingerprint density at radius 3 is 2.05 bits per heavy atom. The molecular formula is C14H12INO3S. The smallest absolute Gasteiger partial charge is 0.261 e. The largest absolute Gasteiger partial charge is 0.295 e. The molecule has 20 heavy (non-hydrogen) atoms. The first-order valence-electron chi connectivity index (χ1n) is 5.78. The molecule has 0 bridgehead atoms. The van der Waals surface area contributed by atoms with E-state index in [2.05, 4.69) is 27.3 Å². The second-order valence-corrected chi connectivity index (χ2v) is 7.12. The maximum Gasteiger partial charge on any atom is 0.261 e. The molecular weight excluding hydrogens is 389 g/mol. The number of Topliss-reactive ketones (excluding diaryl/α,β-unsaturated/α-hetero) is 1. The van der Waals surface area contributed by atoms with Crippen LogP contribution in [-0.2, 0) is 10.0 Å². The van der Waals surface area contributed by atoms with Crippen LogP contribution in [-0.4, -0.2) is 14.2 Å². The number of anilines is 1. The quantitative estimate of drug-likeness (QED) is 0.632. The molecule has 104 valence electrons. The second-order valence-electron chi connectivity index (χ2n) is 4.19. The summed E-state index contributed by atoms with van der Waals surface area (Å²) in [4.78, 5) is 11.4. The predicted octanol–water partition coefficient (Wildman–Crippen LogP) is 3.29. The van der Waals surface area contributed by atoms with Gasteiger partial charge in [-0.2, -0.15) is 0 Å². The predicted molar refractivity (Wildman–Crippen MR) is 86.4 cm³/mol. The van der Waals surface area contributed by atoms with Crippen LogP contribution in [0.25, 0.3) is 0 Å². The van der Waals surface area contributed by atoms with E-state index in [1.807, 2.05) is 0 Å². The van der Waals surface area contributed by atoms with Crippen LogP contribution in [0.3, 0.4) is 0 Å². The minimum Gasteiger partial charge on any atom is -0.295 e. The Labute approximate surface area is 131 Å². The normalized spacial score (nSPS) is 11.1. The third-order valence-electron chi connectivity index (χ3n) is 2.67. The summed E-state index contributed by atoms with van der Waals surface area (Å²) in [6, 6.07) is 12.9. The van der Waals surface area contributed by atoms with Crippen molar-refractivity contribution < 1.29 is 13.2 Å². The van der Waals surface area contributed by atoms with Crippen LogP contribution in [0, 0.1) is 3.57 Å². The molecule has 2 aromatic rings. The van der Waals surface area contributed by atoms with Crippen LogP contribution in [0.1, 0.15) is 17.3 Å². The van der Waals surface area contributed by atoms with Crippen molar-refractivity contribution in [2.24, 2.45) is 0 Å². The first-order valence-corrected chi connectivity index (χ1v) is 8.34. The molecule has 0 aliphatic rings. The molecule has 2 aromatic carbocycles. The van der Waals surface area contributed by atoms with Crippen molar-refractivity contribution in [3.63, 3.8) is 0 Å². The van der Waals surface area contributed by atoms with Gasteiger partial charge in [0, 0.05) is 14.8 Å². The monoisotopic (exact) mass is 401 g/mol. The second kappa shape index (κ2) is 5.92. The van der Waals surface area contributed by atoms with Crippen molar-refractivity contribution in [1.82, 2.24) is 0 Å². The van der Waals surface area contributed by atoms with Gasteiger partial charge in [0.25, 0.3) is 10.0 Å². The van der Waals surface area contributed by atoms with Gasteiger partial charge in [-0.1, -0.05) is 0 Å². The van der Waals surface area contributed by atoms with Crippen LogP contribution in [0.15, 0.2) is 53.4 Å². The van der Waals surface area contributed by atoms with Gasteiger partial charge in [0.1, 0.15) is 0 Å². The number of halogens is 1. The molecule has 0 heterocycles. The van der Waals surface area contributed by atoms with E-state index in [0.717, 1.165) is 3.57 Å². The number of ketones is 1. The first kappa shape index (κ1) is 15.0. The Morgan fingerprint density at radius 2 is 1.55 bits per heavy atom. The Kier molecular flexibility index (Phi) is 4.44. The fraction of sp³-hybridized carbons (Fsp3) is 0.0714. The van der Waals surface area contributed by atoms with Gasteiger partial charge in [0.2, 0.25) is 0 Å². The molecule has 0 amide bonds. The van der Waals surface area contributed by atoms with Crippen LogP contribution in [0.4, 0.5) is 5.69 Å². The lowest BCUT2D eigenvalue weighted by atomic mass is 10.1. The highest BCUT2D eigenvalue weighted by molar-refractivity contribution is 14.1. The standard InChI is InChI=1S/C14H12INO3S/c1-10(17)11-2-6-13(7-3-11)16-20(18,19)14-8-4-12(15)5-9-14/h2-9,16H,1H3. The number of hydrogen-bond acceptors (Lipinski definition) is 3. The van der Waals surface area contributed by atoms with Crippen LogP contribution in [0.2, 0.25) is 0 Å². The fourth-order valence-corrected chi connectivity index (χ4v) is 3.02. The third-order valence-corrected chi connectivity index (χ3v) is 4.78. The number of carbonyl (C=O) groups excluding carboxylic acids is 1. The molecule has 0 aliphatic heterocycles. The van der Waals surface area contributed by atoms with Gasteiger partial charge in [-0.05, 0) is 78.0 Å². The van der Waals surface area contributed by atoms with E-state index >= 15 is 0 Å².